The van der Waals surface area contributed by atoms with Gasteiger partial charge < -0.3 is 15.6 Å². The number of aromatic hydroxyl groups is 1. The van der Waals surface area contributed by atoms with Crippen LogP contribution in [-0.2, 0) is 0 Å². The number of nitrogens with two attached hydrogens (primary N) is 1. The minimum absolute atomic E-state index is 0.0950. The molecule has 0 spiro atoms. The molecular formula is C13H18N2O4. The van der Waals surface area contributed by atoms with Gasteiger partial charge in [-0.25, -0.2) is 0 Å². The molecule has 0 aliphatic heterocycles. The second-order valence-electron chi connectivity index (χ2n) is 4.92. The Kier molecular flexibility index (Phi) is 3.90. The number of hydrogen-bond acceptors (Lipinski definition) is 5. The van der Waals surface area contributed by atoms with Gasteiger partial charge in [-0.3, -0.25) is 10.1 Å². The third-order valence-corrected chi connectivity index (χ3v) is 3.79. The Morgan fingerprint density at radius 3 is 2.63 bits per heavy atom. The molecule has 0 unspecified atom stereocenters. The Balaban J connectivity index is 2.39. The predicted molar refractivity (Wildman–Crippen MR) is 70.2 cm³/mol. The van der Waals surface area contributed by atoms with Gasteiger partial charge in [-0.2, -0.15) is 0 Å². The molecule has 1 aromatic carbocycles. The van der Waals surface area contributed by atoms with Crippen molar-refractivity contribution in [3.8, 4) is 11.5 Å². The first-order valence-electron chi connectivity index (χ1n) is 6.35. The zero-order valence-corrected chi connectivity index (χ0v) is 10.8. The number of hydrogen-bond donors (Lipinski definition) is 2. The van der Waals surface area contributed by atoms with E-state index in [0.29, 0.717) is 11.5 Å². The molecule has 2 rings (SSSR count). The second kappa shape index (κ2) is 5.44. The average Bonchev–Trinajstić information content (AvgIpc) is 2.91. The van der Waals surface area contributed by atoms with Crippen LogP contribution in [-0.4, -0.2) is 17.1 Å². The van der Waals surface area contributed by atoms with Crippen molar-refractivity contribution in [3.63, 3.8) is 0 Å². The highest BCUT2D eigenvalue weighted by atomic mass is 16.6. The van der Waals surface area contributed by atoms with E-state index in [1.165, 1.54) is 13.2 Å². The summed E-state index contributed by atoms with van der Waals surface area (Å²) in [6, 6.07) is 2.68. The summed E-state index contributed by atoms with van der Waals surface area (Å²) in [5.41, 5.74) is 6.47. The second-order valence-corrected chi connectivity index (χ2v) is 4.92. The van der Waals surface area contributed by atoms with Gasteiger partial charge in [0.15, 0.2) is 5.75 Å². The molecule has 0 heterocycles. The molecule has 3 N–H and O–H groups in total. The monoisotopic (exact) mass is 266 g/mol. The van der Waals surface area contributed by atoms with E-state index >= 15 is 0 Å². The number of nitro groups is 1. The van der Waals surface area contributed by atoms with Gasteiger partial charge in [0.1, 0.15) is 0 Å². The number of methoxy groups -OCH3 is 1. The summed E-state index contributed by atoms with van der Waals surface area (Å²) < 4.78 is 4.98. The van der Waals surface area contributed by atoms with Crippen molar-refractivity contribution in [3.05, 3.63) is 27.8 Å². The third kappa shape index (κ3) is 2.63. The predicted octanol–water partition coefficient (Wildman–Crippen LogP) is 2.50. The van der Waals surface area contributed by atoms with Gasteiger partial charge in [0.05, 0.1) is 12.0 Å². The van der Waals surface area contributed by atoms with Crippen LogP contribution in [0, 0.1) is 16.0 Å². The highest BCUT2D eigenvalue weighted by Crippen LogP contribution is 2.41. The fourth-order valence-electron chi connectivity index (χ4n) is 2.69. The van der Waals surface area contributed by atoms with Gasteiger partial charge >= 0.3 is 5.69 Å². The fraction of sp³-hybridized carbons (Fsp3) is 0.538. The molecule has 104 valence electrons. The lowest BCUT2D eigenvalue weighted by Crippen LogP contribution is -2.19. The molecule has 0 saturated heterocycles. The smallest absolute Gasteiger partial charge is 0.314 e. The maximum atomic E-state index is 10.9. The van der Waals surface area contributed by atoms with Crippen LogP contribution >= 0.6 is 0 Å². The maximum absolute atomic E-state index is 10.9. The van der Waals surface area contributed by atoms with Gasteiger partial charge in [-0.1, -0.05) is 12.8 Å². The Hall–Kier alpha value is -1.82. The molecule has 0 bridgehead atoms. The Morgan fingerprint density at radius 1 is 1.47 bits per heavy atom. The molecule has 19 heavy (non-hydrogen) atoms. The minimum Gasteiger partial charge on any atom is -0.500 e. The van der Waals surface area contributed by atoms with Crippen LogP contribution in [0.25, 0.3) is 0 Å². The van der Waals surface area contributed by atoms with Crippen molar-refractivity contribution in [1.82, 2.24) is 0 Å². The molecule has 1 aromatic rings. The van der Waals surface area contributed by atoms with E-state index in [1.807, 2.05) is 0 Å². The van der Waals surface area contributed by atoms with Crippen molar-refractivity contribution >= 4 is 5.69 Å². The average molecular weight is 266 g/mol. The summed E-state index contributed by atoms with van der Waals surface area (Å²) in [4.78, 5) is 10.3. The molecule has 1 fully saturated rings. The van der Waals surface area contributed by atoms with Crippen molar-refractivity contribution in [2.24, 2.45) is 11.7 Å². The maximum Gasteiger partial charge on any atom is 0.314 e. The first-order valence-corrected chi connectivity index (χ1v) is 6.35. The Labute approximate surface area is 111 Å². The lowest BCUT2D eigenvalue weighted by molar-refractivity contribution is -0.386. The van der Waals surface area contributed by atoms with Crippen LogP contribution in [0.1, 0.15) is 37.3 Å². The van der Waals surface area contributed by atoms with E-state index in [-0.39, 0.29) is 17.5 Å². The Morgan fingerprint density at radius 2 is 2.11 bits per heavy atom. The molecule has 1 saturated carbocycles. The number of benzene rings is 1. The lowest BCUT2D eigenvalue weighted by atomic mass is 9.92. The van der Waals surface area contributed by atoms with Crippen molar-refractivity contribution < 1.29 is 14.8 Å². The van der Waals surface area contributed by atoms with Crippen LogP contribution in [0.3, 0.4) is 0 Å². The standard InChI is InChI=1S/C13H18N2O4/c1-19-11-7-9(6-10(13(11)16)15(17)18)12(14)8-4-2-3-5-8/h6-8,12,16H,2-5,14H2,1H3/t12-/m1/s1. The summed E-state index contributed by atoms with van der Waals surface area (Å²) in [5.74, 6) is -0.0126. The number of nitro benzene ring substituents is 1. The molecule has 0 aromatic heterocycles. The highest BCUT2D eigenvalue weighted by Gasteiger charge is 2.27. The molecule has 0 radical (unpaired) electrons. The van der Waals surface area contributed by atoms with Gasteiger partial charge in [-0.15, -0.1) is 0 Å². The number of phenols is 1. The Bertz CT molecular complexity index is 484. The molecule has 6 nitrogen and oxygen atoms in total. The highest BCUT2D eigenvalue weighted by molar-refractivity contribution is 5.57. The number of rotatable bonds is 4. The summed E-state index contributed by atoms with van der Waals surface area (Å²) in [6.07, 6.45) is 4.38. The molecule has 1 atom stereocenters. The van der Waals surface area contributed by atoms with E-state index < -0.39 is 10.7 Å². The zero-order valence-electron chi connectivity index (χ0n) is 10.8. The summed E-state index contributed by atoms with van der Waals surface area (Å²) >= 11 is 0. The number of nitrogens with zero attached hydrogens (tertiary/aromatic N) is 1. The molecule has 1 aliphatic carbocycles. The SMILES string of the molecule is COc1cc([C@H](N)C2CCCC2)cc([N+](=O)[O-])c1O. The minimum atomic E-state index is -0.622. The fourth-order valence-corrected chi connectivity index (χ4v) is 2.69. The van der Waals surface area contributed by atoms with Gasteiger partial charge in [-0.05, 0) is 30.4 Å². The van der Waals surface area contributed by atoms with Crippen LogP contribution in [0.15, 0.2) is 12.1 Å². The molecule has 0 amide bonds. The van der Waals surface area contributed by atoms with Crippen molar-refractivity contribution in [2.45, 2.75) is 31.7 Å². The van der Waals surface area contributed by atoms with Gasteiger partial charge in [0.2, 0.25) is 5.75 Å². The van der Waals surface area contributed by atoms with E-state index in [0.717, 1.165) is 25.7 Å². The first-order chi connectivity index (χ1) is 9.04. The lowest BCUT2D eigenvalue weighted by Gasteiger charge is -2.20. The third-order valence-electron chi connectivity index (χ3n) is 3.79. The van der Waals surface area contributed by atoms with Crippen molar-refractivity contribution in [2.75, 3.05) is 7.11 Å². The summed E-state index contributed by atoms with van der Waals surface area (Å²) in [6.45, 7) is 0. The zero-order chi connectivity index (χ0) is 14.0. The first kappa shape index (κ1) is 13.6. The van der Waals surface area contributed by atoms with Gasteiger partial charge in [0, 0.05) is 12.1 Å². The quantitative estimate of drug-likeness (QED) is 0.644. The van der Waals surface area contributed by atoms with E-state index in [9.17, 15) is 15.2 Å². The molecule has 1 aliphatic rings. The van der Waals surface area contributed by atoms with E-state index in [2.05, 4.69) is 0 Å². The summed E-state index contributed by atoms with van der Waals surface area (Å²) in [5, 5.41) is 20.7. The van der Waals surface area contributed by atoms with E-state index in [4.69, 9.17) is 10.5 Å². The largest absolute Gasteiger partial charge is 0.500 e. The van der Waals surface area contributed by atoms with Crippen LogP contribution in [0.2, 0.25) is 0 Å². The summed E-state index contributed by atoms with van der Waals surface area (Å²) in [7, 11) is 1.36. The number of phenolic OH excluding ortho intramolecular Hbond substituents is 1. The van der Waals surface area contributed by atoms with E-state index in [1.54, 1.807) is 6.07 Å². The van der Waals surface area contributed by atoms with Crippen molar-refractivity contribution in [1.29, 1.82) is 0 Å². The normalized spacial score (nSPS) is 17.4. The van der Waals surface area contributed by atoms with Gasteiger partial charge in [0.25, 0.3) is 0 Å². The molecule has 6 heteroatoms. The van der Waals surface area contributed by atoms with Crippen LogP contribution in [0.5, 0.6) is 11.5 Å². The number of ether oxygens (including phenoxy) is 1. The topological polar surface area (TPSA) is 98.6 Å². The molecular weight excluding hydrogens is 248 g/mol. The van der Waals surface area contributed by atoms with Crippen LogP contribution in [0.4, 0.5) is 5.69 Å². The van der Waals surface area contributed by atoms with Crippen LogP contribution < -0.4 is 10.5 Å².